The summed E-state index contributed by atoms with van der Waals surface area (Å²) in [5, 5.41) is 35.3. The number of hydrogen-bond donors (Lipinski definition) is 0. The van der Waals surface area contributed by atoms with Crippen LogP contribution in [0.2, 0.25) is 0 Å². The summed E-state index contributed by atoms with van der Waals surface area (Å²) in [4.78, 5) is 23.9. The zero-order valence-electron chi connectivity index (χ0n) is 8.70. The molecule has 0 fully saturated rings. The first kappa shape index (κ1) is 11.5. The van der Waals surface area contributed by atoms with Gasteiger partial charge in [0.1, 0.15) is 9.85 Å². The molecule has 0 saturated heterocycles. The lowest BCUT2D eigenvalue weighted by molar-refractivity contribution is -0.801. The molecule has 0 radical (unpaired) electrons. The van der Waals surface area contributed by atoms with Crippen LogP contribution in [0.1, 0.15) is 11.7 Å². The van der Waals surface area contributed by atoms with Gasteiger partial charge in [-0.25, -0.2) is 0 Å². The molecule has 13 nitrogen and oxygen atoms in total. The molecule has 0 aliphatic heterocycles. The molecule has 2 rings (SSSR count). The summed E-state index contributed by atoms with van der Waals surface area (Å²) in [6.07, 6.45) is 0.799. The fraction of sp³-hybridized carbons (Fsp3) is 0.400. The summed E-state index contributed by atoms with van der Waals surface area (Å²) < 4.78 is 4.42. The van der Waals surface area contributed by atoms with Crippen LogP contribution in [0.3, 0.4) is 0 Å². The van der Waals surface area contributed by atoms with E-state index in [9.17, 15) is 20.2 Å². The van der Waals surface area contributed by atoms with E-state index >= 15 is 0 Å². The molecule has 0 bridgehead atoms. The van der Waals surface area contributed by atoms with Gasteiger partial charge in [0.15, 0.2) is 6.33 Å². The predicted molar refractivity (Wildman–Crippen MR) is 47.9 cm³/mol. The van der Waals surface area contributed by atoms with Crippen LogP contribution >= 0.6 is 0 Å². The maximum absolute atomic E-state index is 11.1. The highest BCUT2D eigenvalue weighted by atomic mass is 16.7. The van der Waals surface area contributed by atoms with Gasteiger partial charge >= 0.3 is 17.4 Å². The van der Waals surface area contributed by atoms with Crippen LogP contribution in [0.4, 0.5) is 0 Å². The SMILES string of the molecule is Cn1nnc(C(c2ncno2)([N+](=O)[O-])[N+](=O)[O-])n1. The van der Waals surface area contributed by atoms with Gasteiger partial charge in [0.2, 0.25) is 0 Å². The van der Waals surface area contributed by atoms with Gasteiger partial charge < -0.3 is 4.52 Å². The summed E-state index contributed by atoms with van der Waals surface area (Å²) in [5.74, 6) is -1.63. The largest absolute Gasteiger partial charge is 0.598 e. The Morgan fingerprint density at radius 3 is 2.44 bits per heavy atom. The lowest BCUT2D eigenvalue weighted by atomic mass is 10.1. The number of tetrazole rings is 1. The molecule has 0 N–H and O–H groups in total. The van der Waals surface area contributed by atoms with E-state index < -0.39 is 27.2 Å². The minimum atomic E-state index is -3.06. The van der Waals surface area contributed by atoms with Gasteiger partial charge in [0.05, 0.1) is 7.05 Å². The Morgan fingerprint density at radius 1 is 1.39 bits per heavy atom. The number of aromatic nitrogens is 6. The fourth-order valence-corrected chi connectivity index (χ4v) is 1.23. The molecular formula is C5H4N8O5. The van der Waals surface area contributed by atoms with Gasteiger partial charge in [0, 0.05) is 0 Å². The molecule has 2 heterocycles. The van der Waals surface area contributed by atoms with Crippen molar-refractivity contribution in [1.29, 1.82) is 0 Å². The van der Waals surface area contributed by atoms with E-state index in [0.717, 1.165) is 11.1 Å². The number of rotatable bonds is 4. The molecule has 0 spiro atoms. The average Bonchev–Trinajstić information content (AvgIpc) is 2.90. The monoisotopic (exact) mass is 256 g/mol. The van der Waals surface area contributed by atoms with E-state index in [1.165, 1.54) is 7.05 Å². The highest BCUT2D eigenvalue weighted by Gasteiger charge is 2.69. The van der Waals surface area contributed by atoms with Crippen LogP contribution in [0.25, 0.3) is 0 Å². The highest BCUT2D eigenvalue weighted by Crippen LogP contribution is 2.29. The summed E-state index contributed by atoms with van der Waals surface area (Å²) in [6.45, 7) is 0. The first-order valence-corrected chi connectivity index (χ1v) is 4.30. The molecule has 13 heteroatoms. The minimum Gasteiger partial charge on any atom is -0.322 e. The molecule has 0 atom stereocenters. The molecule has 0 aliphatic rings. The second-order valence-electron chi connectivity index (χ2n) is 3.04. The molecule has 18 heavy (non-hydrogen) atoms. The molecule has 94 valence electrons. The summed E-state index contributed by atoms with van der Waals surface area (Å²) in [7, 11) is 1.30. The van der Waals surface area contributed by atoms with E-state index in [1.807, 2.05) is 0 Å². The van der Waals surface area contributed by atoms with Gasteiger partial charge in [-0.1, -0.05) is 10.3 Å². The first-order chi connectivity index (χ1) is 8.49. The van der Waals surface area contributed by atoms with Crippen molar-refractivity contribution in [3.63, 3.8) is 0 Å². The number of nitro groups is 2. The van der Waals surface area contributed by atoms with Crippen molar-refractivity contribution in [2.75, 3.05) is 0 Å². The third-order valence-electron chi connectivity index (χ3n) is 2.01. The number of nitrogens with zero attached hydrogens (tertiary/aromatic N) is 8. The molecular weight excluding hydrogens is 252 g/mol. The van der Waals surface area contributed by atoms with Gasteiger partial charge in [0.25, 0.3) is 0 Å². The summed E-state index contributed by atoms with van der Waals surface area (Å²) in [5.41, 5.74) is -3.06. The molecule has 2 aromatic heterocycles. The second kappa shape index (κ2) is 3.79. The zero-order chi connectivity index (χ0) is 13.3. The predicted octanol–water partition coefficient (Wildman–Crippen LogP) is -1.65. The third-order valence-corrected chi connectivity index (χ3v) is 2.01. The smallest absolute Gasteiger partial charge is 0.322 e. The molecule has 0 amide bonds. The van der Waals surface area contributed by atoms with E-state index in [1.54, 1.807) is 0 Å². The van der Waals surface area contributed by atoms with Gasteiger partial charge in [-0.2, -0.15) is 9.78 Å². The standard InChI is InChI=1S/C5H4N8O5/c1-11-9-3(8-10-11)5(12(14)15,13(16)17)4-6-2-7-18-4/h2H,1H3. The first-order valence-electron chi connectivity index (χ1n) is 4.30. The molecule has 0 saturated carbocycles. The van der Waals surface area contributed by atoms with Crippen molar-refractivity contribution >= 4 is 0 Å². The van der Waals surface area contributed by atoms with E-state index in [0.29, 0.717) is 0 Å². The maximum atomic E-state index is 11.1. The summed E-state index contributed by atoms with van der Waals surface area (Å²) >= 11 is 0. The quantitative estimate of drug-likeness (QED) is 0.350. The van der Waals surface area contributed by atoms with Crippen LogP contribution in [0, 0.1) is 20.2 Å². The van der Waals surface area contributed by atoms with Crippen LogP contribution in [-0.4, -0.2) is 40.2 Å². The molecule has 0 aromatic carbocycles. The Labute approximate surface area is 96.7 Å². The van der Waals surface area contributed by atoms with Gasteiger partial charge in [-0.3, -0.25) is 20.2 Å². The third kappa shape index (κ3) is 1.37. The van der Waals surface area contributed by atoms with Crippen molar-refractivity contribution in [2.45, 2.75) is 5.66 Å². The molecule has 0 unspecified atom stereocenters. The topological polar surface area (TPSA) is 169 Å². The van der Waals surface area contributed by atoms with Crippen molar-refractivity contribution < 1.29 is 14.4 Å². The lowest BCUT2D eigenvalue weighted by Crippen LogP contribution is -2.45. The Balaban J connectivity index is 2.73. The molecule has 0 aliphatic carbocycles. The van der Waals surface area contributed by atoms with E-state index in [4.69, 9.17) is 0 Å². The van der Waals surface area contributed by atoms with Crippen molar-refractivity contribution in [2.24, 2.45) is 7.05 Å². The van der Waals surface area contributed by atoms with Crippen LogP contribution in [0.5, 0.6) is 0 Å². The van der Waals surface area contributed by atoms with Crippen LogP contribution < -0.4 is 0 Å². The van der Waals surface area contributed by atoms with E-state index in [-0.39, 0.29) is 0 Å². The van der Waals surface area contributed by atoms with Crippen molar-refractivity contribution in [1.82, 2.24) is 30.3 Å². The second-order valence-corrected chi connectivity index (χ2v) is 3.04. The number of hydrogen-bond acceptors (Lipinski definition) is 10. The Hall–Kier alpha value is -2.99. The average molecular weight is 256 g/mol. The zero-order valence-corrected chi connectivity index (χ0v) is 8.70. The van der Waals surface area contributed by atoms with Crippen molar-refractivity contribution in [3.8, 4) is 0 Å². The van der Waals surface area contributed by atoms with Crippen LogP contribution in [0.15, 0.2) is 10.9 Å². The van der Waals surface area contributed by atoms with Crippen LogP contribution in [-0.2, 0) is 12.7 Å². The number of aryl methyl sites for hydroxylation is 1. The normalized spacial score (nSPS) is 11.4. The maximum Gasteiger partial charge on any atom is 0.598 e. The molecule has 2 aromatic rings. The lowest BCUT2D eigenvalue weighted by Gasteiger charge is -2.08. The van der Waals surface area contributed by atoms with Gasteiger partial charge in [-0.05, 0) is 5.21 Å². The fourth-order valence-electron chi connectivity index (χ4n) is 1.23. The highest BCUT2D eigenvalue weighted by molar-refractivity contribution is 5.05. The Bertz CT molecular complexity index is 575. The van der Waals surface area contributed by atoms with E-state index in [2.05, 4.69) is 30.1 Å². The summed E-state index contributed by atoms with van der Waals surface area (Å²) in [6, 6.07) is 0. The Morgan fingerprint density at radius 2 is 2.06 bits per heavy atom. The van der Waals surface area contributed by atoms with Gasteiger partial charge in [-0.15, -0.1) is 5.10 Å². The van der Waals surface area contributed by atoms with Crippen molar-refractivity contribution in [3.05, 3.63) is 38.3 Å². The minimum absolute atomic E-state index is 0.774. The Kier molecular flexibility index (Phi) is 2.42.